The summed E-state index contributed by atoms with van der Waals surface area (Å²) in [5.41, 5.74) is 9.47. The van der Waals surface area contributed by atoms with Crippen LogP contribution in [0.5, 0.6) is 0 Å². The van der Waals surface area contributed by atoms with Crippen molar-refractivity contribution < 1.29 is 0 Å². The monoisotopic (exact) mass is 182 g/mol. The fourth-order valence-electron chi connectivity index (χ4n) is 0.883. The van der Waals surface area contributed by atoms with Crippen LogP contribution in [-0.4, -0.2) is 0 Å². The van der Waals surface area contributed by atoms with E-state index in [1.165, 1.54) is 0 Å². The van der Waals surface area contributed by atoms with Gasteiger partial charge in [0.2, 0.25) is 0 Å². The van der Waals surface area contributed by atoms with E-state index < -0.39 is 0 Å². The molecule has 0 unspecified atom stereocenters. The zero-order valence-electron chi connectivity index (χ0n) is 7.31. The normalized spacial score (nSPS) is 7.64. The van der Waals surface area contributed by atoms with Crippen molar-refractivity contribution in [2.45, 2.75) is 6.42 Å². The topological polar surface area (TPSA) is 72.5 Å². The van der Waals surface area contributed by atoms with Crippen molar-refractivity contribution in [1.82, 2.24) is 0 Å². The fourth-order valence-corrected chi connectivity index (χ4v) is 0.883. The molecule has 4 nitrogen and oxygen atoms in total. The maximum atomic E-state index is 8.26. The number of hydrogen-bond donors (Lipinski definition) is 0. The number of rotatable bonds is 1. The third kappa shape index (κ3) is 2.91. The smallest absolute Gasteiger partial charge is 0.0966 e. The molecule has 0 N–H and O–H groups in total. The van der Waals surface area contributed by atoms with Crippen LogP contribution in [0.3, 0.4) is 0 Å². The van der Waals surface area contributed by atoms with Crippen LogP contribution >= 0.6 is 0 Å². The first-order valence-corrected chi connectivity index (χ1v) is 3.88. The van der Waals surface area contributed by atoms with Crippen molar-refractivity contribution in [1.29, 1.82) is 5.26 Å². The van der Waals surface area contributed by atoms with Gasteiger partial charge in [-0.15, -0.1) is 0 Å². The Bertz CT molecular complexity index is 467. The van der Waals surface area contributed by atoms with E-state index >= 15 is 0 Å². The summed E-state index contributed by atoms with van der Waals surface area (Å²) in [5.74, 6) is 5.46. The minimum absolute atomic E-state index is 0.200. The number of hydrogen-bond acceptors (Lipinski definition) is 2. The van der Waals surface area contributed by atoms with E-state index in [0.717, 1.165) is 5.56 Å². The summed E-state index contributed by atoms with van der Waals surface area (Å²) < 4.78 is 0. The predicted molar refractivity (Wildman–Crippen MR) is 52.4 cm³/mol. The van der Waals surface area contributed by atoms with Gasteiger partial charge < -0.3 is 0 Å². The van der Waals surface area contributed by atoms with Gasteiger partial charge in [0.15, 0.2) is 0 Å². The highest BCUT2D eigenvalue weighted by atomic mass is 15.1. The zero-order chi connectivity index (χ0) is 10.2. The van der Waals surface area contributed by atoms with Crippen molar-refractivity contribution >= 4 is 5.69 Å². The van der Waals surface area contributed by atoms with Gasteiger partial charge >= 0.3 is 0 Å². The molecule has 0 saturated heterocycles. The van der Waals surface area contributed by atoms with E-state index in [-0.39, 0.29) is 6.42 Å². The second kappa shape index (κ2) is 5.27. The van der Waals surface area contributed by atoms with Crippen LogP contribution in [0.2, 0.25) is 0 Å². The molecule has 0 aliphatic carbocycles. The minimum atomic E-state index is 0.200. The van der Waals surface area contributed by atoms with E-state index in [1.54, 1.807) is 24.3 Å². The molecule has 0 saturated carbocycles. The summed E-state index contributed by atoms with van der Waals surface area (Å²) >= 11 is 0. The van der Waals surface area contributed by atoms with E-state index in [1.807, 2.05) is 6.07 Å². The minimum Gasteiger partial charge on any atom is -0.197 e. The molecule has 0 aliphatic rings. The summed E-state index contributed by atoms with van der Waals surface area (Å²) in [6, 6.07) is 8.83. The second-order valence-corrected chi connectivity index (χ2v) is 2.38. The summed E-state index contributed by atoms with van der Waals surface area (Å²) in [4.78, 5) is 2.67. The molecule has 1 rings (SSSR count). The van der Waals surface area contributed by atoms with Gasteiger partial charge in [-0.25, -0.2) is 0 Å². The SMILES string of the molecule is N#CCC#Cc1cccc(N=[N+]=[N-])c1. The Balaban J connectivity index is 2.91. The Labute approximate surface area is 81.4 Å². The lowest BCUT2D eigenvalue weighted by atomic mass is 10.2. The molecule has 0 heterocycles. The average Bonchev–Trinajstić information content (AvgIpc) is 2.19. The molecule has 0 atom stereocenters. The molecule has 0 radical (unpaired) electrons. The molecule has 4 heteroatoms. The van der Waals surface area contributed by atoms with Gasteiger partial charge in [0.25, 0.3) is 0 Å². The van der Waals surface area contributed by atoms with Crippen molar-refractivity contribution in [2.75, 3.05) is 0 Å². The molecule has 1 aromatic carbocycles. The fraction of sp³-hybridized carbons (Fsp3) is 0.100. The van der Waals surface area contributed by atoms with Gasteiger partial charge in [-0.1, -0.05) is 29.1 Å². The first-order chi connectivity index (χ1) is 6.86. The first kappa shape index (κ1) is 9.67. The van der Waals surface area contributed by atoms with Gasteiger partial charge in [-0.05, 0) is 17.7 Å². The zero-order valence-corrected chi connectivity index (χ0v) is 7.31. The van der Waals surface area contributed by atoms with Crippen LogP contribution < -0.4 is 0 Å². The Kier molecular flexibility index (Phi) is 3.64. The third-order valence-corrected chi connectivity index (χ3v) is 1.41. The van der Waals surface area contributed by atoms with Crippen LogP contribution in [0, 0.1) is 23.2 Å². The van der Waals surface area contributed by atoms with E-state index in [9.17, 15) is 0 Å². The van der Waals surface area contributed by atoms with Gasteiger partial charge in [0.05, 0.1) is 12.5 Å². The number of nitrogens with zero attached hydrogens (tertiary/aromatic N) is 4. The quantitative estimate of drug-likeness (QED) is 0.285. The first-order valence-electron chi connectivity index (χ1n) is 3.88. The van der Waals surface area contributed by atoms with E-state index in [4.69, 9.17) is 10.8 Å². The predicted octanol–water partition coefficient (Wildman–Crippen LogP) is 2.89. The highest BCUT2D eigenvalue weighted by Gasteiger charge is 1.88. The summed E-state index contributed by atoms with van der Waals surface area (Å²) in [5, 5.41) is 11.7. The Morgan fingerprint density at radius 3 is 3.07 bits per heavy atom. The van der Waals surface area contributed by atoms with Gasteiger partial charge in [0, 0.05) is 16.2 Å². The summed E-state index contributed by atoms with van der Waals surface area (Å²) in [6.45, 7) is 0. The standard InChI is InChI=1S/C10H6N4/c11-7-2-1-4-9-5-3-6-10(8-9)13-14-12/h3,5-6,8H,2H2. The van der Waals surface area contributed by atoms with Gasteiger partial charge in [0.1, 0.15) is 0 Å². The number of nitriles is 1. The lowest BCUT2D eigenvalue weighted by molar-refractivity contribution is 1.39. The van der Waals surface area contributed by atoms with Crippen molar-refractivity contribution in [3.05, 3.63) is 40.3 Å². The molecule has 1 aromatic rings. The molecule has 66 valence electrons. The average molecular weight is 182 g/mol. The second-order valence-electron chi connectivity index (χ2n) is 2.38. The van der Waals surface area contributed by atoms with Crippen LogP contribution in [0.1, 0.15) is 12.0 Å². The summed E-state index contributed by atoms with van der Waals surface area (Å²) in [6.07, 6.45) is 0.200. The van der Waals surface area contributed by atoms with Gasteiger partial charge in [-0.3, -0.25) is 0 Å². The highest BCUT2D eigenvalue weighted by Crippen LogP contribution is 2.13. The van der Waals surface area contributed by atoms with E-state index in [2.05, 4.69) is 21.9 Å². The van der Waals surface area contributed by atoms with Gasteiger partial charge in [-0.2, -0.15) is 5.26 Å². The molecule has 0 spiro atoms. The maximum Gasteiger partial charge on any atom is 0.0966 e. The van der Waals surface area contributed by atoms with Crippen molar-refractivity contribution in [2.24, 2.45) is 5.11 Å². The molecule has 0 fully saturated rings. The Hall–Kier alpha value is -2.42. The molecule has 0 aliphatic heterocycles. The summed E-state index contributed by atoms with van der Waals surface area (Å²) in [7, 11) is 0. The lowest BCUT2D eigenvalue weighted by Gasteiger charge is -1.91. The molecule has 14 heavy (non-hydrogen) atoms. The van der Waals surface area contributed by atoms with Crippen LogP contribution in [0.4, 0.5) is 5.69 Å². The van der Waals surface area contributed by atoms with Crippen LogP contribution in [0.25, 0.3) is 10.4 Å². The molecular formula is C10H6N4. The molecule has 0 bridgehead atoms. The third-order valence-electron chi connectivity index (χ3n) is 1.41. The maximum absolute atomic E-state index is 8.26. The van der Waals surface area contributed by atoms with Crippen LogP contribution in [-0.2, 0) is 0 Å². The largest absolute Gasteiger partial charge is 0.197 e. The van der Waals surface area contributed by atoms with E-state index in [0.29, 0.717) is 5.69 Å². The number of benzene rings is 1. The Morgan fingerprint density at radius 1 is 1.50 bits per heavy atom. The van der Waals surface area contributed by atoms with Crippen molar-refractivity contribution in [3.8, 4) is 17.9 Å². The van der Waals surface area contributed by atoms with Crippen LogP contribution in [0.15, 0.2) is 29.4 Å². The number of azide groups is 1. The molecule has 0 aromatic heterocycles. The lowest BCUT2D eigenvalue weighted by Crippen LogP contribution is -1.72. The van der Waals surface area contributed by atoms with Crippen molar-refractivity contribution in [3.63, 3.8) is 0 Å². The highest BCUT2D eigenvalue weighted by molar-refractivity contribution is 5.46. The Morgan fingerprint density at radius 2 is 2.36 bits per heavy atom. The molecular weight excluding hydrogens is 176 g/mol. The molecule has 0 amide bonds.